The Balaban J connectivity index is 1.83. The van der Waals surface area contributed by atoms with Gasteiger partial charge in [0.2, 0.25) is 5.88 Å². The lowest BCUT2D eigenvalue weighted by Gasteiger charge is -2.24. The number of hydrogen-bond donors (Lipinski definition) is 1. The van der Waals surface area contributed by atoms with Crippen LogP contribution in [0, 0.1) is 0 Å². The molecule has 1 saturated heterocycles. The molecule has 1 aliphatic rings. The minimum atomic E-state index is 0.561. The highest BCUT2D eigenvalue weighted by atomic mass is 16.5. The summed E-state index contributed by atoms with van der Waals surface area (Å²) in [7, 11) is 1.64. The summed E-state index contributed by atoms with van der Waals surface area (Å²) in [6.07, 6.45) is 2.67. The van der Waals surface area contributed by atoms with E-state index in [0.29, 0.717) is 11.9 Å². The van der Waals surface area contributed by atoms with Gasteiger partial charge >= 0.3 is 0 Å². The average molecular weight is 235 g/mol. The standard InChI is InChI=1S/C13H21N3O/c1-11(16-8-3-4-9-16)10-14-12-6-5-7-13(15-12)17-2/h5-7,11H,3-4,8-10H2,1-2H3,(H,14,15). The van der Waals surface area contributed by atoms with Crippen molar-refractivity contribution in [3.63, 3.8) is 0 Å². The molecule has 0 bridgehead atoms. The molecule has 1 aliphatic heterocycles. The first-order valence-electron chi connectivity index (χ1n) is 6.28. The van der Waals surface area contributed by atoms with E-state index >= 15 is 0 Å². The molecule has 2 heterocycles. The number of hydrogen-bond acceptors (Lipinski definition) is 4. The molecule has 94 valence electrons. The SMILES string of the molecule is COc1cccc(NCC(C)N2CCCC2)n1. The number of ether oxygens (including phenoxy) is 1. The maximum atomic E-state index is 5.10. The van der Waals surface area contributed by atoms with Gasteiger partial charge in [-0.25, -0.2) is 0 Å². The van der Waals surface area contributed by atoms with Crippen molar-refractivity contribution in [2.24, 2.45) is 0 Å². The number of methoxy groups -OCH3 is 1. The smallest absolute Gasteiger partial charge is 0.214 e. The van der Waals surface area contributed by atoms with E-state index in [0.717, 1.165) is 12.4 Å². The predicted octanol–water partition coefficient (Wildman–Crippen LogP) is 1.99. The number of pyridine rings is 1. The second kappa shape index (κ2) is 5.87. The Morgan fingerprint density at radius 1 is 1.41 bits per heavy atom. The Kier molecular flexibility index (Phi) is 4.20. The van der Waals surface area contributed by atoms with Crippen LogP contribution in [-0.4, -0.2) is 42.7 Å². The molecule has 17 heavy (non-hydrogen) atoms. The molecule has 0 spiro atoms. The van der Waals surface area contributed by atoms with Crippen LogP contribution in [-0.2, 0) is 0 Å². The Morgan fingerprint density at radius 2 is 2.18 bits per heavy atom. The summed E-state index contributed by atoms with van der Waals surface area (Å²) in [4.78, 5) is 6.86. The van der Waals surface area contributed by atoms with E-state index < -0.39 is 0 Å². The first-order valence-corrected chi connectivity index (χ1v) is 6.28. The lowest BCUT2D eigenvalue weighted by molar-refractivity contribution is 0.269. The zero-order valence-electron chi connectivity index (χ0n) is 10.6. The topological polar surface area (TPSA) is 37.4 Å². The highest BCUT2D eigenvalue weighted by Gasteiger charge is 2.17. The molecule has 1 aromatic heterocycles. The third kappa shape index (κ3) is 3.33. The van der Waals surface area contributed by atoms with Crippen LogP contribution in [0.5, 0.6) is 5.88 Å². The molecule has 0 aliphatic carbocycles. The van der Waals surface area contributed by atoms with Crippen molar-refractivity contribution in [2.75, 3.05) is 32.1 Å². The summed E-state index contributed by atoms with van der Waals surface area (Å²) in [5.74, 6) is 1.54. The van der Waals surface area contributed by atoms with Crippen molar-refractivity contribution in [1.82, 2.24) is 9.88 Å². The highest BCUT2D eigenvalue weighted by molar-refractivity contribution is 5.37. The summed E-state index contributed by atoms with van der Waals surface area (Å²) in [6.45, 7) is 5.65. The largest absolute Gasteiger partial charge is 0.481 e. The van der Waals surface area contributed by atoms with Crippen molar-refractivity contribution in [3.8, 4) is 5.88 Å². The molecule has 0 aromatic carbocycles. The van der Waals surface area contributed by atoms with Gasteiger partial charge < -0.3 is 10.1 Å². The van der Waals surface area contributed by atoms with Gasteiger partial charge in [-0.05, 0) is 38.9 Å². The molecular formula is C13H21N3O. The molecule has 4 heteroatoms. The molecule has 1 atom stereocenters. The third-order valence-electron chi connectivity index (χ3n) is 3.28. The van der Waals surface area contributed by atoms with Crippen LogP contribution in [0.15, 0.2) is 18.2 Å². The molecule has 2 rings (SSSR count). The van der Waals surface area contributed by atoms with Gasteiger partial charge in [0.1, 0.15) is 5.82 Å². The van der Waals surface area contributed by atoms with E-state index in [1.807, 2.05) is 18.2 Å². The number of rotatable bonds is 5. The second-order valence-corrected chi connectivity index (χ2v) is 4.54. The lowest BCUT2D eigenvalue weighted by Crippen LogP contribution is -2.35. The van der Waals surface area contributed by atoms with Gasteiger partial charge in [-0.3, -0.25) is 4.90 Å². The summed E-state index contributed by atoms with van der Waals surface area (Å²) in [5.41, 5.74) is 0. The van der Waals surface area contributed by atoms with Crippen molar-refractivity contribution >= 4 is 5.82 Å². The van der Waals surface area contributed by atoms with Crippen molar-refractivity contribution < 1.29 is 4.74 Å². The monoisotopic (exact) mass is 235 g/mol. The van der Waals surface area contributed by atoms with Crippen LogP contribution in [0.1, 0.15) is 19.8 Å². The number of anilines is 1. The van der Waals surface area contributed by atoms with Crippen LogP contribution in [0.25, 0.3) is 0 Å². The van der Waals surface area contributed by atoms with Gasteiger partial charge in [0.15, 0.2) is 0 Å². The van der Waals surface area contributed by atoms with E-state index in [1.165, 1.54) is 25.9 Å². The number of nitrogens with one attached hydrogen (secondary N) is 1. The second-order valence-electron chi connectivity index (χ2n) is 4.54. The van der Waals surface area contributed by atoms with Gasteiger partial charge in [0.05, 0.1) is 7.11 Å². The van der Waals surface area contributed by atoms with Gasteiger partial charge in [-0.1, -0.05) is 6.07 Å². The fraction of sp³-hybridized carbons (Fsp3) is 0.615. The summed E-state index contributed by atoms with van der Waals surface area (Å²) >= 11 is 0. The summed E-state index contributed by atoms with van der Waals surface area (Å²) in [6, 6.07) is 6.34. The zero-order valence-corrected chi connectivity index (χ0v) is 10.6. The zero-order chi connectivity index (χ0) is 12.1. The fourth-order valence-electron chi connectivity index (χ4n) is 2.19. The maximum absolute atomic E-state index is 5.10. The van der Waals surface area contributed by atoms with Gasteiger partial charge in [-0.2, -0.15) is 4.98 Å². The predicted molar refractivity (Wildman–Crippen MR) is 69.5 cm³/mol. The molecule has 1 N–H and O–H groups in total. The van der Waals surface area contributed by atoms with E-state index in [9.17, 15) is 0 Å². The Labute approximate surface area is 103 Å². The Bertz CT molecular complexity index is 350. The van der Waals surface area contributed by atoms with E-state index in [2.05, 4.69) is 22.1 Å². The number of nitrogens with zero attached hydrogens (tertiary/aromatic N) is 2. The third-order valence-corrected chi connectivity index (χ3v) is 3.28. The van der Waals surface area contributed by atoms with Crippen LogP contribution < -0.4 is 10.1 Å². The Morgan fingerprint density at radius 3 is 2.88 bits per heavy atom. The summed E-state index contributed by atoms with van der Waals surface area (Å²) < 4.78 is 5.10. The Hall–Kier alpha value is -1.29. The minimum Gasteiger partial charge on any atom is -0.481 e. The van der Waals surface area contributed by atoms with Crippen LogP contribution >= 0.6 is 0 Å². The summed E-state index contributed by atoms with van der Waals surface area (Å²) in [5, 5.41) is 3.36. The normalized spacial score (nSPS) is 18.0. The van der Waals surface area contributed by atoms with Crippen molar-refractivity contribution in [3.05, 3.63) is 18.2 Å². The van der Waals surface area contributed by atoms with E-state index in [4.69, 9.17) is 4.74 Å². The first-order chi connectivity index (χ1) is 8.29. The number of likely N-dealkylation sites (tertiary alicyclic amines) is 1. The number of aromatic nitrogens is 1. The van der Waals surface area contributed by atoms with Gasteiger partial charge in [0.25, 0.3) is 0 Å². The van der Waals surface area contributed by atoms with Gasteiger partial charge in [0, 0.05) is 18.7 Å². The average Bonchev–Trinajstić information content (AvgIpc) is 2.90. The lowest BCUT2D eigenvalue weighted by atomic mass is 10.3. The minimum absolute atomic E-state index is 0.561. The molecule has 0 saturated carbocycles. The molecule has 1 aromatic rings. The quantitative estimate of drug-likeness (QED) is 0.847. The molecule has 1 fully saturated rings. The highest BCUT2D eigenvalue weighted by Crippen LogP contribution is 2.13. The van der Waals surface area contributed by atoms with Crippen LogP contribution in [0.4, 0.5) is 5.82 Å². The molecule has 1 unspecified atom stereocenters. The maximum Gasteiger partial charge on any atom is 0.214 e. The first kappa shape index (κ1) is 12.2. The van der Waals surface area contributed by atoms with Crippen LogP contribution in [0.3, 0.4) is 0 Å². The van der Waals surface area contributed by atoms with Gasteiger partial charge in [-0.15, -0.1) is 0 Å². The molecular weight excluding hydrogens is 214 g/mol. The van der Waals surface area contributed by atoms with Crippen molar-refractivity contribution in [2.45, 2.75) is 25.8 Å². The molecule has 0 amide bonds. The molecule has 0 radical (unpaired) electrons. The fourth-order valence-corrected chi connectivity index (χ4v) is 2.19. The van der Waals surface area contributed by atoms with E-state index in [1.54, 1.807) is 7.11 Å². The van der Waals surface area contributed by atoms with E-state index in [-0.39, 0.29) is 0 Å². The van der Waals surface area contributed by atoms with Crippen LogP contribution in [0.2, 0.25) is 0 Å². The van der Waals surface area contributed by atoms with Crippen molar-refractivity contribution in [1.29, 1.82) is 0 Å². The molecule has 4 nitrogen and oxygen atoms in total.